The maximum atomic E-state index is 13.5. The van der Waals surface area contributed by atoms with Gasteiger partial charge in [-0.2, -0.15) is 13.2 Å². The molecule has 2 aromatic rings. The molecule has 1 nitrogen and oxygen atoms in total. The van der Waals surface area contributed by atoms with Crippen LogP contribution in [0, 0.1) is 5.92 Å². The molecule has 1 N–H and O–H groups in total. The molecule has 1 aliphatic heterocycles. The Morgan fingerprint density at radius 2 is 1.84 bits per heavy atom. The average Bonchev–Trinajstić information content (AvgIpc) is 3.03. The number of anilines is 1. The molecule has 2 aromatic carbocycles. The number of allylic oxidation sites excluding steroid dienone is 2. The summed E-state index contributed by atoms with van der Waals surface area (Å²) in [6.45, 7) is 0. The highest BCUT2D eigenvalue weighted by Gasteiger charge is 2.43. The van der Waals surface area contributed by atoms with Crippen molar-refractivity contribution in [1.29, 1.82) is 0 Å². The fourth-order valence-electron chi connectivity index (χ4n) is 3.92. The Kier molecular flexibility index (Phi) is 4.00. The van der Waals surface area contributed by atoms with Gasteiger partial charge < -0.3 is 5.32 Å². The van der Waals surface area contributed by atoms with Gasteiger partial charge in [0.1, 0.15) is 0 Å². The predicted molar refractivity (Wildman–Crippen MR) is 94.3 cm³/mol. The lowest BCUT2D eigenvalue weighted by Gasteiger charge is -2.39. The van der Waals surface area contributed by atoms with Crippen molar-refractivity contribution < 1.29 is 13.2 Å². The van der Waals surface area contributed by atoms with Gasteiger partial charge in [-0.3, -0.25) is 0 Å². The molecule has 0 saturated carbocycles. The zero-order chi connectivity index (χ0) is 17.8. The number of alkyl halides is 3. The van der Waals surface area contributed by atoms with Crippen LogP contribution in [0.1, 0.15) is 35.1 Å². The number of nitrogens with one attached hydrogen (secondary N) is 1. The Morgan fingerprint density at radius 3 is 2.56 bits per heavy atom. The van der Waals surface area contributed by atoms with Crippen LogP contribution in [-0.4, -0.2) is 0 Å². The second-order valence-electron chi connectivity index (χ2n) is 6.41. The van der Waals surface area contributed by atoms with Crippen molar-refractivity contribution in [1.82, 2.24) is 0 Å². The summed E-state index contributed by atoms with van der Waals surface area (Å²) < 4.78 is 40.4. The predicted octanol–water partition coefficient (Wildman–Crippen LogP) is 6.84. The zero-order valence-electron chi connectivity index (χ0n) is 12.9. The molecule has 4 rings (SSSR count). The highest BCUT2D eigenvalue weighted by atomic mass is 35.5. The van der Waals surface area contributed by atoms with Gasteiger partial charge in [0, 0.05) is 16.0 Å². The number of para-hydroxylation sites is 1. The van der Waals surface area contributed by atoms with E-state index in [0.717, 1.165) is 18.1 Å². The molecule has 2 aliphatic rings. The van der Waals surface area contributed by atoms with Gasteiger partial charge in [0.05, 0.1) is 17.3 Å². The molecule has 0 radical (unpaired) electrons. The van der Waals surface area contributed by atoms with E-state index >= 15 is 0 Å². The SMILES string of the molecule is FC(F)(F)c1cccc2c1N[C@H](c1ccc(Cl)cc1Cl)[C@@H]1CC=C[C@@H]21. The van der Waals surface area contributed by atoms with E-state index in [1.807, 2.05) is 12.2 Å². The molecule has 0 aromatic heterocycles. The average molecular weight is 384 g/mol. The van der Waals surface area contributed by atoms with Crippen molar-refractivity contribution >= 4 is 28.9 Å². The minimum absolute atomic E-state index is 0.0599. The Morgan fingerprint density at radius 1 is 1.04 bits per heavy atom. The summed E-state index contributed by atoms with van der Waals surface area (Å²) in [6.07, 6.45) is 0.406. The Balaban J connectivity index is 1.86. The Bertz CT molecular complexity index is 860. The number of halogens is 5. The highest BCUT2D eigenvalue weighted by molar-refractivity contribution is 6.35. The first kappa shape index (κ1) is 16.8. The third-order valence-electron chi connectivity index (χ3n) is 5.00. The monoisotopic (exact) mass is 383 g/mol. The van der Waals surface area contributed by atoms with Gasteiger partial charge in [0.15, 0.2) is 0 Å². The molecule has 0 fully saturated rings. The van der Waals surface area contributed by atoms with Crippen LogP contribution in [0.25, 0.3) is 0 Å². The summed E-state index contributed by atoms with van der Waals surface area (Å²) in [5.74, 6) is 0.0601. The molecule has 1 aliphatic carbocycles. The third-order valence-corrected chi connectivity index (χ3v) is 5.56. The van der Waals surface area contributed by atoms with Gasteiger partial charge in [-0.25, -0.2) is 0 Å². The van der Waals surface area contributed by atoms with Crippen LogP contribution < -0.4 is 5.32 Å². The zero-order valence-corrected chi connectivity index (χ0v) is 14.5. The molecule has 0 bridgehead atoms. The molecule has 6 heteroatoms. The number of fused-ring (bicyclic) bond motifs is 3. The maximum absolute atomic E-state index is 13.5. The molecule has 0 spiro atoms. The lowest BCUT2D eigenvalue weighted by atomic mass is 9.76. The van der Waals surface area contributed by atoms with Crippen LogP contribution in [0.2, 0.25) is 10.0 Å². The molecule has 1 heterocycles. The fourth-order valence-corrected chi connectivity index (χ4v) is 4.45. The summed E-state index contributed by atoms with van der Waals surface area (Å²) in [5.41, 5.74) is 0.972. The standard InChI is InChI=1S/C19H14Cl2F3N/c20-10-7-8-14(16(21)9-10)17-12-4-1-3-11(12)13-5-2-6-15(18(13)25-17)19(22,23)24/h1-3,5-9,11-12,17,25H,4H2/t11-,12-,17+/m1/s1. The van der Waals surface area contributed by atoms with E-state index in [1.54, 1.807) is 24.3 Å². The quantitative estimate of drug-likeness (QED) is 0.531. The third kappa shape index (κ3) is 2.81. The lowest BCUT2D eigenvalue weighted by molar-refractivity contribution is -0.137. The molecule has 25 heavy (non-hydrogen) atoms. The normalized spacial score (nSPS) is 24.6. The topological polar surface area (TPSA) is 12.0 Å². The van der Waals surface area contributed by atoms with Gasteiger partial charge >= 0.3 is 6.18 Å². The van der Waals surface area contributed by atoms with Crippen LogP contribution in [0.5, 0.6) is 0 Å². The van der Waals surface area contributed by atoms with E-state index in [9.17, 15) is 13.2 Å². The van der Waals surface area contributed by atoms with Crippen LogP contribution >= 0.6 is 23.2 Å². The van der Waals surface area contributed by atoms with Crippen molar-refractivity contribution in [3.05, 3.63) is 75.3 Å². The second-order valence-corrected chi connectivity index (χ2v) is 7.25. The largest absolute Gasteiger partial charge is 0.418 e. The molecule has 0 amide bonds. The van der Waals surface area contributed by atoms with Crippen LogP contribution in [0.4, 0.5) is 18.9 Å². The summed E-state index contributed by atoms with van der Waals surface area (Å²) in [4.78, 5) is 0. The van der Waals surface area contributed by atoms with Crippen LogP contribution in [-0.2, 0) is 6.18 Å². The lowest BCUT2D eigenvalue weighted by Crippen LogP contribution is -2.31. The molecular formula is C19H14Cl2F3N. The number of benzene rings is 2. The molecule has 3 atom stereocenters. The first-order chi connectivity index (χ1) is 11.9. The van der Waals surface area contributed by atoms with E-state index in [0.29, 0.717) is 15.6 Å². The van der Waals surface area contributed by atoms with Crippen molar-refractivity contribution in [3.63, 3.8) is 0 Å². The van der Waals surface area contributed by atoms with E-state index < -0.39 is 11.7 Å². The van der Waals surface area contributed by atoms with Crippen molar-refractivity contribution in [2.75, 3.05) is 5.32 Å². The van der Waals surface area contributed by atoms with Crippen molar-refractivity contribution in [2.45, 2.75) is 24.6 Å². The minimum Gasteiger partial charge on any atom is -0.377 e. The fraction of sp³-hybridized carbons (Fsp3) is 0.263. The van der Waals surface area contributed by atoms with E-state index in [1.165, 1.54) is 6.07 Å². The maximum Gasteiger partial charge on any atom is 0.418 e. The second kappa shape index (κ2) is 5.96. The van der Waals surface area contributed by atoms with Gasteiger partial charge in [0.25, 0.3) is 0 Å². The van der Waals surface area contributed by atoms with Gasteiger partial charge in [-0.05, 0) is 41.7 Å². The summed E-state index contributed by atoms with van der Waals surface area (Å²) in [7, 11) is 0. The smallest absolute Gasteiger partial charge is 0.377 e. The number of hydrogen-bond donors (Lipinski definition) is 1. The van der Waals surface area contributed by atoms with Crippen LogP contribution in [0.3, 0.4) is 0 Å². The van der Waals surface area contributed by atoms with Gasteiger partial charge in [0.2, 0.25) is 0 Å². The van der Waals surface area contributed by atoms with E-state index in [-0.39, 0.29) is 23.6 Å². The molecule has 0 saturated heterocycles. The summed E-state index contributed by atoms with van der Waals surface area (Å²) in [6, 6.07) is 9.19. The van der Waals surface area contributed by atoms with Crippen molar-refractivity contribution in [3.8, 4) is 0 Å². The first-order valence-corrected chi connectivity index (χ1v) is 8.70. The minimum atomic E-state index is -4.41. The molecular weight excluding hydrogens is 370 g/mol. The molecule has 0 unspecified atom stereocenters. The van der Waals surface area contributed by atoms with Crippen molar-refractivity contribution in [2.24, 2.45) is 5.92 Å². The number of hydrogen-bond acceptors (Lipinski definition) is 1. The number of rotatable bonds is 1. The highest BCUT2D eigenvalue weighted by Crippen LogP contribution is 2.53. The van der Waals surface area contributed by atoms with E-state index in [4.69, 9.17) is 23.2 Å². The summed E-state index contributed by atoms with van der Waals surface area (Å²) in [5, 5.41) is 4.10. The summed E-state index contributed by atoms with van der Waals surface area (Å²) >= 11 is 12.3. The van der Waals surface area contributed by atoms with Gasteiger partial charge in [-0.1, -0.05) is 53.6 Å². The first-order valence-electron chi connectivity index (χ1n) is 7.94. The van der Waals surface area contributed by atoms with Gasteiger partial charge in [-0.15, -0.1) is 0 Å². The van der Waals surface area contributed by atoms with Crippen LogP contribution in [0.15, 0.2) is 48.6 Å². The van der Waals surface area contributed by atoms with E-state index in [2.05, 4.69) is 5.32 Å². The Labute approximate surface area is 153 Å². The Hall–Kier alpha value is -1.65. The molecule has 130 valence electrons.